The lowest BCUT2D eigenvalue weighted by atomic mass is 10.2. The van der Waals surface area contributed by atoms with Crippen LogP contribution in [0.1, 0.15) is 0 Å². The molecule has 1 amide bonds. The molecule has 144 valence electrons. The molecule has 2 aromatic carbocycles. The third kappa shape index (κ3) is 6.67. The Bertz CT molecular complexity index is 688. The summed E-state index contributed by atoms with van der Waals surface area (Å²) in [6.07, 6.45) is -0.530. The van der Waals surface area contributed by atoms with Crippen molar-refractivity contribution in [3.05, 3.63) is 60.7 Å². The van der Waals surface area contributed by atoms with Gasteiger partial charge in [-0.15, -0.1) is 0 Å². The molecule has 1 heterocycles. The van der Waals surface area contributed by atoms with E-state index >= 15 is 0 Å². The van der Waals surface area contributed by atoms with Gasteiger partial charge < -0.3 is 15.2 Å². The summed E-state index contributed by atoms with van der Waals surface area (Å²) in [5, 5.41) is 13.1. The predicted octanol–water partition coefficient (Wildman–Crippen LogP) is 1.68. The Hall–Kier alpha value is -2.41. The predicted molar refractivity (Wildman–Crippen MR) is 106 cm³/mol. The van der Waals surface area contributed by atoms with Crippen LogP contribution >= 0.6 is 0 Å². The molecule has 3 rings (SSSR count). The van der Waals surface area contributed by atoms with E-state index in [4.69, 9.17) is 4.74 Å². The van der Waals surface area contributed by atoms with E-state index in [1.54, 1.807) is 0 Å². The van der Waals surface area contributed by atoms with E-state index in [0.29, 0.717) is 13.1 Å². The number of para-hydroxylation sites is 2. The van der Waals surface area contributed by atoms with E-state index in [0.717, 1.165) is 37.6 Å². The van der Waals surface area contributed by atoms with Crippen LogP contribution in [0.15, 0.2) is 60.7 Å². The SMILES string of the molecule is O=C(CN1CCN(C[C@@H](O)COc2ccccc2)CC1)Nc1ccccc1. The van der Waals surface area contributed by atoms with Crippen molar-refractivity contribution >= 4 is 11.6 Å². The van der Waals surface area contributed by atoms with Crippen LogP contribution in [0.4, 0.5) is 5.69 Å². The summed E-state index contributed by atoms with van der Waals surface area (Å²) in [5.74, 6) is 0.775. The van der Waals surface area contributed by atoms with Crippen LogP contribution in [-0.4, -0.2) is 72.8 Å². The van der Waals surface area contributed by atoms with Gasteiger partial charge in [0.1, 0.15) is 18.5 Å². The number of amides is 1. The normalized spacial score (nSPS) is 16.6. The van der Waals surface area contributed by atoms with Crippen molar-refractivity contribution in [3.8, 4) is 5.75 Å². The second-order valence-electron chi connectivity index (χ2n) is 6.77. The number of hydrogen-bond acceptors (Lipinski definition) is 5. The lowest BCUT2D eigenvalue weighted by Crippen LogP contribution is -2.50. The second kappa shape index (κ2) is 10.1. The third-order valence-electron chi connectivity index (χ3n) is 4.54. The largest absolute Gasteiger partial charge is 0.491 e. The summed E-state index contributed by atoms with van der Waals surface area (Å²) in [4.78, 5) is 16.5. The first kappa shape index (κ1) is 19.4. The van der Waals surface area contributed by atoms with Crippen LogP contribution in [0.25, 0.3) is 0 Å². The van der Waals surface area contributed by atoms with Gasteiger partial charge in [0.25, 0.3) is 0 Å². The first-order valence-corrected chi connectivity index (χ1v) is 9.34. The fourth-order valence-electron chi connectivity index (χ4n) is 3.11. The minimum absolute atomic E-state index is 0.00551. The number of carbonyl (C=O) groups is 1. The highest BCUT2D eigenvalue weighted by Gasteiger charge is 2.21. The van der Waals surface area contributed by atoms with Crippen molar-refractivity contribution in [3.63, 3.8) is 0 Å². The molecule has 1 aliphatic rings. The number of nitrogens with zero attached hydrogens (tertiary/aromatic N) is 2. The first-order valence-electron chi connectivity index (χ1n) is 9.34. The molecule has 6 heteroatoms. The molecule has 1 saturated heterocycles. The molecule has 2 aromatic rings. The Kier molecular flexibility index (Phi) is 7.21. The zero-order valence-electron chi connectivity index (χ0n) is 15.5. The summed E-state index contributed by atoms with van der Waals surface area (Å²) >= 11 is 0. The van der Waals surface area contributed by atoms with Gasteiger partial charge in [-0.1, -0.05) is 36.4 Å². The van der Waals surface area contributed by atoms with Gasteiger partial charge in [0, 0.05) is 38.4 Å². The van der Waals surface area contributed by atoms with Gasteiger partial charge in [0.15, 0.2) is 0 Å². The van der Waals surface area contributed by atoms with Crippen LogP contribution in [0.3, 0.4) is 0 Å². The quantitative estimate of drug-likeness (QED) is 0.741. The molecule has 1 fully saturated rings. The molecule has 0 bridgehead atoms. The number of carbonyl (C=O) groups excluding carboxylic acids is 1. The molecule has 0 aliphatic carbocycles. The molecule has 0 spiro atoms. The zero-order chi connectivity index (χ0) is 18.9. The van der Waals surface area contributed by atoms with E-state index in [1.165, 1.54) is 0 Å². The average Bonchev–Trinajstić information content (AvgIpc) is 2.69. The maximum Gasteiger partial charge on any atom is 0.238 e. The number of β-amino-alcohol motifs (C(OH)–C–C–N with tert-alkyl or cyclic N) is 1. The Morgan fingerprint density at radius 3 is 2.22 bits per heavy atom. The summed E-state index contributed by atoms with van der Waals surface area (Å²) in [6, 6.07) is 19.0. The van der Waals surface area contributed by atoms with E-state index < -0.39 is 6.10 Å². The molecule has 2 N–H and O–H groups in total. The van der Waals surface area contributed by atoms with Crippen molar-refractivity contribution in [1.82, 2.24) is 9.80 Å². The Morgan fingerprint density at radius 1 is 0.963 bits per heavy atom. The smallest absolute Gasteiger partial charge is 0.238 e. The number of nitrogens with one attached hydrogen (secondary N) is 1. The summed E-state index contributed by atoms with van der Waals surface area (Å²) < 4.78 is 5.60. The molecule has 0 unspecified atom stereocenters. The number of hydrogen-bond donors (Lipinski definition) is 2. The van der Waals surface area contributed by atoms with E-state index in [9.17, 15) is 9.90 Å². The van der Waals surface area contributed by atoms with Gasteiger partial charge in [-0.2, -0.15) is 0 Å². The van der Waals surface area contributed by atoms with Gasteiger partial charge >= 0.3 is 0 Å². The Labute approximate surface area is 160 Å². The van der Waals surface area contributed by atoms with Gasteiger partial charge in [-0.3, -0.25) is 14.6 Å². The summed E-state index contributed by atoms with van der Waals surface area (Å²) in [6.45, 7) is 4.55. The number of aliphatic hydroxyl groups excluding tert-OH is 1. The lowest BCUT2D eigenvalue weighted by Gasteiger charge is -2.35. The van der Waals surface area contributed by atoms with Crippen LogP contribution in [0.2, 0.25) is 0 Å². The van der Waals surface area contributed by atoms with Crippen LogP contribution in [0.5, 0.6) is 5.75 Å². The van der Waals surface area contributed by atoms with Crippen molar-refractivity contribution in [2.24, 2.45) is 0 Å². The fourth-order valence-corrected chi connectivity index (χ4v) is 3.11. The van der Waals surface area contributed by atoms with E-state index in [2.05, 4.69) is 15.1 Å². The number of piperazine rings is 1. The number of ether oxygens (including phenoxy) is 1. The lowest BCUT2D eigenvalue weighted by molar-refractivity contribution is -0.117. The first-order chi connectivity index (χ1) is 13.2. The Morgan fingerprint density at radius 2 is 1.56 bits per heavy atom. The van der Waals surface area contributed by atoms with E-state index in [1.807, 2.05) is 60.7 Å². The standard InChI is InChI=1S/C21H27N3O3/c25-19(17-27-20-9-5-2-6-10-20)15-23-11-13-24(14-12-23)16-21(26)22-18-7-3-1-4-8-18/h1-10,19,25H,11-17H2,(H,22,26)/t19-/m1/s1. The molecular formula is C21H27N3O3. The maximum absolute atomic E-state index is 12.1. The summed E-state index contributed by atoms with van der Waals surface area (Å²) in [5.41, 5.74) is 0.822. The fraction of sp³-hybridized carbons (Fsp3) is 0.381. The maximum atomic E-state index is 12.1. The second-order valence-corrected chi connectivity index (χ2v) is 6.77. The van der Waals surface area contributed by atoms with Crippen molar-refractivity contribution in [1.29, 1.82) is 0 Å². The van der Waals surface area contributed by atoms with Gasteiger partial charge in [0.05, 0.1) is 6.54 Å². The molecule has 0 radical (unpaired) electrons. The van der Waals surface area contributed by atoms with Gasteiger partial charge in [-0.05, 0) is 24.3 Å². The molecular weight excluding hydrogens is 342 g/mol. The highest BCUT2D eigenvalue weighted by Crippen LogP contribution is 2.10. The van der Waals surface area contributed by atoms with Crippen molar-refractivity contribution in [2.75, 3.05) is 51.2 Å². The van der Waals surface area contributed by atoms with Crippen molar-refractivity contribution in [2.45, 2.75) is 6.10 Å². The van der Waals surface area contributed by atoms with Gasteiger partial charge in [-0.25, -0.2) is 0 Å². The summed E-state index contributed by atoms with van der Waals surface area (Å²) in [7, 11) is 0. The van der Waals surface area contributed by atoms with Crippen LogP contribution < -0.4 is 10.1 Å². The monoisotopic (exact) mass is 369 g/mol. The number of benzene rings is 2. The average molecular weight is 369 g/mol. The highest BCUT2D eigenvalue weighted by molar-refractivity contribution is 5.92. The topological polar surface area (TPSA) is 65.0 Å². The molecule has 0 aromatic heterocycles. The van der Waals surface area contributed by atoms with Crippen LogP contribution in [0, 0.1) is 0 Å². The third-order valence-corrected chi connectivity index (χ3v) is 4.54. The zero-order valence-corrected chi connectivity index (χ0v) is 15.5. The molecule has 1 aliphatic heterocycles. The van der Waals surface area contributed by atoms with E-state index in [-0.39, 0.29) is 12.5 Å². The van der Waals surface area contributed by atoms with Crippen LogP contribution in [-0.2, 0) is 4.79 Å². The molecule has 0 saturated carbocycles. The minimum atomic E-state index is -0.530. The number of rotatable bonds is 8. The Balaban J connectivity index is 1.33. The molecule has 6 nitrogen and oxygen atoms in total. The molecule has 1 atom stereocenters. The number of anilines is 1. The minimum Gasteiger partial charge on any atom is -0.491 e. The van der Waals surface area contributed by atoms with Gasteiger partial charge in [0.2, 0.25) is 5.91 Å². The highest BCUT2D eigenvalue weighted by atomic mass is 16.5. The molecule has 27 heavy (non-hydrogen) atoms. The number of aliphatic hydroxyl groups is 1. The van der Waals surface area contributed by atoms with Crippen molar-refractivity contribution < 1.29 is 14.6 Å².